The number of benzene rings is 11. The van der Waals surface area contributed by atoms with Crippen molar-refractivity contribution in [3.63, 3.8) is 0 Å². The Labute approximate surface area is 773 Å². The minimum Gasteiger partial charge on any atom is -0.200 e. The number of hydrogen-bond acceptors (Lipinski definition) is 0. The van der Waals surface area contributed by atoms with Crippen molar-refractivity contribution in [2.24, 2.45) is 28.2 Å². The monoisotopic (exact) mass is 1700 g/mol. The Balaban J connectivity index is 0.000000140. The lowest BCUT2D eigenvalue weighted by Gasteiger charge is -2.28. The highest BCUT2D eigenvalue weighted by Gasteiger charge is 2.31. The molecule has 0 amide bonds. The van der Waals surface area contributed by atoms with Crippen LogP contribution >= 0.6 is 0 Å². The van der Waals surface area contributed by atoms with Gasteiger partial charge in [0.25, 0.3) is 0 Å². The van der Waals surface area contributed by atoms with Gasteiger partial charge >= 0.3 is 0 Å². The predicted molar refractivity (Wildman–Crippen MR) is 551 cm³/mol. The van der Waals surface area contributed by atoms with Gasteiger partial charge in [0.2, 0.25) is 22.8 Å². The minimum absolute atomic E-state index is 0.421. The summed E-state index contributed by atoms with van der Waals surface area (Å²) in [5.41, 5.74) is 37.3. The molecule has 4 heterocycles. The molecule has 0 aliphatic heterocycles. The standard InChI is InChI=1S/C34H46N.C31H36N.C30H34N.C29H32N/c1-5-25(6-2)28-17-18-31-29(21-28)19-20-35(4)34(31)33-23-30(26-13-9-7-10-14-26)22-32(24(33)3)27-15-11-8-12-16-27;1-7-23(8-2)25-14-15-28-26(18-25)16-17-32(6)31(28)30-20-27(24-12-10-9-11-13-24)19-29(21(3)4)22(30)5;1-7-23(8-2)25-14-15-28-27(18-25)17-21(4)31(6)30(28)29-19-26(16-20(3)22(29)5)24-12-10-9-11-13-24;1-6-22(7-2)24-15-16-27-26(18-24)17-21(4)30(5)29(27)28-19-25(14-13-20(28)3)23-11-9-8-10-12-23/h17-23,25-27H,5-16H2,1-4H3;9-21,23H,7-8H2,1-6H3;9-19,23H,7-8H2,1-6H3;8-19,22H,6-7H2,1-5H3/q4*+1/i20D;17D;;. The fourth-order valence-electron chi connectivity index (χ4n) is 21.7. The normalized spacial score (nSPS) is 13.5. The number of aromatic nitrogens is 4. The molecule has 4 nitrogen and oxygen atoms in total. The van der Waals surface area contributed by atoms with Gasteiger partial charge in [0, 0.05) is 38.1 Å². The predicted octanol–water partition coefficient (Wildman–Crippen LogP) is 33.3. The molecule has 128 heavy (non-hydrogen) atoms. The van der Waals surface area contributed by atoms with Crippen molar-refractivity contribution >= 4 is 43.1 Å². The zero-order valence-electron chi connectivity index (χ0n) is 83.7. The molecule has 0 saturated heterocycles. The number of fused-ring (bicyclic) bond motifs is 4. The summed E-state index contributed by atoms with van der Waals surface area (Å²) in [5, 5.41) is 10.2. The Morgan fingerprint density at radius 2 is 0.656 bits per heavy atom. The quantitative estimate of drug-likeness (QED) is 0.0601. The number of nitrogens with zero attached hydrogens (tertiary/aromatic N) is 4. The van der Waals surface area contributed by atoms with Crippen molar-refractivity contribution in [2.75, 3.05) is 0 Å². The van der Waals surface area contributed by atoms with Gasteiger partial charge in [-0.05, 0) is 323 Å². The molecule has 2 aliphatic carbocycles. The average Bonchev–Trinajstić information content (AvgIpc) is 0.764. The molecule has 4 aromatic heterocycles. The van der Waals surface area contributed by atoms with Crippen LogP contribution in [0.1, 0.15) is 307 Å². The van der Waals surface area contributed by atoms with E-state index < -0.39 is 0 Å². The highest BCUT2D eigenvalue weighted by molar-refractivity contribution is 5.99. The summed E-state index contributed by atoms with van der Waals surface area (Å²) in [7, 11) is 8.50. The first-order valence-electron chi connectivity index (χ1n) is 50.3. The van der Waals surface area contributed by atoms with E-state index >= 15 is 0 Å². The summed E-state index contributed by atoms with van der Waals surface area (Å²) in [6.07, 6.45) is 24.1. The first kappa shape index (κ1) is 90.4. The molecule has 4 heteroatoms. The second-order valence-electron chi connectivity index (χ2n) is 38.1. The molecule has 0 N–H and O–H groups in total. The lowest BCUT2D eigenvalue weighted by atomic mass is 9.76. The highest BCUT2D eigenvalue weighted by Crippen LogP contribution is 2.46. The Bertz CT molecular complexity index is 6480. The topological polar surface area (TPSA) is 15.5 Å². The molecule has 0 unspecified atom stereocenters. The van der Waals surface area contributed by atoms with Crippen LogP contribution in [-0.4, -0.2) is 0 Å². The van der Waals surface area contributed by atoms with Gasteiger partial charge in [0.15, 0.2) is 23.7 Å². The molecular weight excluding hydrogens is 1550 g/mol. The summed E-state index contributed by atoms with van der Waals surface area (Å²) < 4.78 is 26.5. The summed E-state index contributed by atoms with van der Waals surface area (Å²) in [4.78, 5) is 0. The van der Waals surface area contributed by atoms with Crippen LogP contribution in [0.4, 0.5) is 0 Å². The SMILES string of the molecule is CCC(CC)c1ccc2c(-c3cc(-c4ccccc4)cc(C)c3C)[n+](C)c(C)cc2c1.CCC(CC)c1ccc2c(-c3cc(-c4ccccc4)ccc3C)[n+](C)c(C)cc2c1.[2H]c1cc2cc(C(CC)CC)ccc2c(-c2cc(-c3ccccc3)cc(C(C)C)c2C)[n+]1C.[2H]c1cc2cc(C(CC)CC)ccc2c(-c2cc(C3CCCCC3)cc(C3CCCCC3)c2C)[n+]1C. The summed E-state index contributed by atoms with van der Waals surface area (Å²) >= 11 is 0. The number of hydrogen-bond donors (Lipinski definition) is 0. The van der Waals surface area contributed by atoms with Crippen LogP contribution in [0.3, 0.4) is 0 Å². The van der Waals surface area contributed by atoms with E-state index in [4.69, 9.17) is 2.74 Å². The number of pyridine rings is 4. The molecule has 15 aromatic rings. The van der Waals surface area contributed by atoms with Gasteiger partial charge in [-0.15, -0.1) is 0 Å². The number of rotatable bonds is 22. The van der Waals surface area contributed by atoms with E-state index in [-0.39, 0.29) is 0 Å². The van der Waals surface area contributed by atoms with E-state index in [0.29, 0.717) is 53.8 Å². The lowest BCUT2D eigenvalue weighted by molar-refractivity contribution is -0.665. The maximum Gasteiger partial charge on any atom is 0.220 e. The third kappa shape index (κ3) is 20.2. The first-order valence-corrected chi connectivity index (χ1v) is 49.3. The lowest BCUT2D eigenvalue weighted by Crippen LogP contribution is -2.35. The molecule has 0 atom stereocenters. The van der Waals surface area contributed by atoms with Crippen LogP contribution in [0, 0.1) is 48.5 Å². The minimum atomic E-state index is 0.421. The van der Waals surface area contributed by atoms with Gasteiger partial charge in [-0.25, -0.2) is 9.13 Å². The molecule has 0 bridgehead atoms. The smallest absolute Gasteiger partial charge is 0.200 e. The van der Waals surface area contributed by atoms with Gasteiger partial charge in [-0.3, -0.25) is 0 Å². The molecular formula is C124H148N4+4. The van der Waals surface area contributed by atoms with Gasteiger partial charge < -0.3 is 0 Å². The van der Waals surface area contributed by atoms with Gasteiger partial charge in [0.05, 0.1) is 43.8 Å². The van der Waals surface area contributed by atoms with Gasteiger partial charge in [-0.1, -0.05) is 278 Å². The third-order valence-corrected chi connectivity index (χ3v) is 30.0. The molecule has 17 rings (SSSR count). The molecule has 2 fully saturated rings. The fourth-order valence-corrected chi connectivity index (χ4v) is 21.7. The highest BCUT2D eigenvalue weighted by atomic mass is 15.0. The van der Waals surface area contributed by atoms with Gasteiger partial charge in [-0.2, -0.15) is 9.13 Å². The van der Waals surface area contributed by atoms with Crippen molar-refractivity contribution in [1.29, 1.82) is 0 Å². The largest absolute Gasteiger partial charge is 0.220 e. The van der Waals surface area contributed by atoms with E-state index in [1.54, 1.807) is 11.1 Å². The molecule has 0 radical (unpaired) electrons. The Hall–Kier alpha value is -10.9. The van der Waals surface area contributed by atoms with Crippen molar-refractivity contribution < 1.29 is 21.0 Å². The molecule has 2 saturated carbocycles. The zero-order valence-corrected chi connectivity index (χ0v) is 81.7. The maximum absolute atomic E-state index is 8.89. The Morgan fingerprint density at radius 3 is 1.07 bits per heavy atom. The van der Waals surface area contributed by atoms with Crippen LogP contribution in [0.25, 0.3) is 122 Å². The Morgan fingerprint density at radius 1 is 0.297 bits per heavy atom. The van der Waals surface area contributed by atoms with Crippen LogP contribution in [-0.2, 0) is 28.2 Å². The first-order chi connectivity index (χ1) is 62.8. The van der Waals surface area contributed by atoms with E-state index in [1.807, 2.05) is 17.7 Å². The van der Waals surface area contributed by atoms with Crippen molar-refractivity contribution in [3.05, 3.63) is 333 Å². The second-order valence-corrected chi connectivity index (χ2v) is 38.1. The molecule has 660 valence electrons. The van der Waals surface area contributed by atoms with Crippen molar-refractivity contribution in [3.8, 4) is 78.4 Å². The summed E-state index contributed by atoms with van der Waals surface area (Å²) in [6.45, 7) is 38.5. The van der Waals surface area contributed by atoms with E-state index in [0.717, 1.165) is 36.8 Å². The molecule has 11 aromatic carbocycles. The molecule has 2 aliphatic rings. The van der Waals surface area contributed by atoms with E-state index in [9.17, 15) is 0 Å². The Kier molecular flexibility index (Phi) is 30.0. The van der Waals surface area contributed by atoms with E-state index in [2.05, 4.69) is 389 Å². The zero-order chi connectivity index (χ0) is 92.3. The average molecular weight is 1700 g/mol. The van der Waals surface area contributed by atoms with Crippen molar-refractivity contribution in [1.82, 2.24) is 0 Å². The molecule has 0 spiro atoms. The summed E-state index contributed by atoms with van der Waals surface area (Å²) in [5.74, 6) is 4.23. The summed E-state index contributed by atoms with van der Waals surface area (Å²) in [6, 6.07) is 90.3. The van der Waals surface area contributed by atoms with Crippen LogP contribution in [0.5, 0.6) is 0 Å². The maximum atomic E-state index is 8.89. The van der Waals surface area contributed by atoms with Gasteiger partial charge in [0.1, 0.15) is 30.9 Å². The van der Waals surface area contributed by atoms with Crippen LogP contribution < -0.4 is 18.3 Å². The second kappa shape index (κ2) is 42.5. The van der Waals surface area contributed by atoms with Crippen molar-refractivity contribution in [2.45, 2.75) is 275 Å². The fraction of sp³-hybridized carbons (Fsp3) is 0.371. The third-order valence-electron chi connectivity index (χ3n) is 30.0. The van der Waals surface area contributed by atoms with Crippen LogP contribution in [0.15, 0.2) is 255 Å². The van der Waals surface area contributed by atoms with Crippen LogP contribution in [0.2, 0.25) is 0 Å². The number of aryl methyl sites for hydroxylation is 4. The van der Waals surface area contributed by atoms with E-state index in [1.165, 1.54) is 267 Å².